The Morgan fingerprint density at radius 3 is 2.68 bits per heavy atom. The molecular formula is C19H19NO5. The van der Waals surface area contributed by atoms with Crippen molar-refractivity contribution < 1.29 is 19.4 Å². The van der Waals surface area contributed by atoms with Gasteiger partial charge in [-0.2, -0.15) is 0 Å². The van der Waals surface area contributed by atoms with Crippen LogP contribution in [0.2, 0.25) is 0 Å². The maximum atomic E-state index is 12.4. The molecule has 1 aliphatic heterocycles. The third-order valence-electron chi connectivity index (χ3n) is 4.25. The summed E-state index contributed by atoms with van der Waals surface area (Å²) in [5, 5.41) is 9.95. The third-order valence-corrected chi connectivity index (χ3v) is 4.25. The average Bonchev–Trinajstić information content (AvgIpc) is 2.59. The minimum absolute atomic E-state index is 0.240. The van der Waals surface area contributed by atoms with Gasteiger partial charge in [0.2, 0.25) is 0 Å². The van der Waals surface area contributed by atoms with Gasteiger partial charge in [0, 0.05) is 23.4 Å². The highest BCUT2D eigenvalue weighted by Gasteiger charge is 2.36. The lowest BCUT2D eigenvalue weighted by Crippen LogP contribution is -2.38. The first-order valence-corrected chi connectivity index (χ1v) is 7.83. The summed E-state index contributed by atoms with van der Waals surface area (Å²) < 4.78 is 12.2. The summed E-state index contributed by atoms with van der Waals surface area (Å²) in [5.41, 5.74) is 0.915. The SMILES string of the molecule is COC(=O)c1ccc2c(c1)C(n1ccccc1=O)=C(CO)C(C)(C)O2. The van der Waals surface area contributed by atoms with Gasteiger partial charge in [0.15, 0.2) is 0 Å². The number of aliphatic hydroxyl groups excluding tert-OH is 1. The molecule has 1 aliphatic rings. The van der Waals surface area contributed by atoms with Gasteiger partial charge in [0.25, 0.3) is 5.56 Å². The lowest BCUT2D eigenvalue weighted by molar-refractivity contribution is 0.0600. The van der Waals surface area contributed by atoms with E-state index >= 15 is 0 Å². The molecule has 0 amide bonds. The zero-order valence-electron chi connectivity index (χ0n) is 14.3. The smallest absolute Gasteiger partial charge is 0.337 e. The van der Waals surface area contributed by atoms with Gasteiger partial charge in [-0.3, -0.25) is 9.36 Å². The normalized spacial score (nSPS) is 15.4. The molecule has 0 radical (unpaired) electrons. The molecule has 130 valence electrons. The van der Waals surface area contributed by atoms with Crippen LogP contribution >= 0.6 is 0 Å². The Morgan fingerprint density at radius 1 is 1.28 bits per heavy atom. The van der Waals surface area contributed by atoms with Crippen molar-refractivity contribution in [1.82, 2.24) is 4.57 Å². The first-order chi connectivity index (χ1) is 11.9. The number of esters is 1. The van der Waals surface area contributed by atoms with Gasteiger partial charge in [0.05, 0.1) is 25.0 Å². The van der Waals surface area contributed by atoms with E-state index in [1.807, 2.05) is 13.8 Å². The summed E-state index contributed by atoms with van der Waals surface area (Å²) in [6.07, 6.45) is 1.63. The molecule has 25 heavy (non-hydrogen) atoms. The van der Waals surface area contributed by atoms with Crippen molar-refractivity contribution in [3.8, 4) is 5.75 Å². The van der Waals surface area contributed by atoms with E-state index in [9.17, 15) is 14.7 Å². The van der Waals surface area contributed by atoms with E-state index in [4.69, 9.17) is 9.47 Å². The van der Waals surface area contributed by atoms with E-state index in [-0.39, 0.29) is 12.2 Å². The van der Waals surface area contributed by atoms with Crippen molar-refractivity contribution in [3.63, 3.8) is 0 Å². The van der Waals surface area contributed by atoms with Crippen LogP contribution in [0.15, 0.2) is 53.0 Å². The summed E-state index contributed by atoms with van der Waals surface area (Å²) in [6.45, 7) is 3.36. The Hall–Kier alpha value is -2.86. The highest BCUT2D eigenvalue weighted by Crippen LogP contribution is 2.41. The average molecular weight is 341 g/mol. The zero-order valence-corrected chi connectivity index (χ0v) is 14.3. The van der Waals surface area contributed by atoms with Gasteiger partial charge in [-0.25, -0.2) is 4.79 Å². The molecule has 0 aliphatic carbocycles. The number of methoxy groups -OCH3 is 1. The van der Waals surface area contributed by atoms with E-state index in [0.29, 0.717) is 28.1 Å². The van der Waals surface area contributed by atoms with Crippen molar-refractivity contribution in [2.45, 2.75) is 19.4 Å². The first kappa shape index (κ1) is 17.0. The van der Waals surface area contributed by atoms with E-state index in [1.165, 1.54) is 17.7 Å². The number of hydrogen-bond donors (Lipinski definition) is 1. The van der Waals surface area contributed by atoms with Crippen molar-refractivity contribution in [2.75, 3.05) is 13.7 Å². The molecule has 0 spiro atoms. The Bertz CT molecular complexity index is 923. The second-order valence-corrected chi connectivity index (χ2v) is 6.21. The molecule has 0 atom stereocenters. The standard InChI is InChI=1S/C19H19NO5/c1-19(2)14(11-21)17(20-9-5-4-6-16(20)22)13-10-12(18(23)24-3)7-8-15(13)25-19/h4-10,21H,11H2,1-3H3. The predicted molar refractivity (Wildman–Crippen MR) is 92.6 cm³/mol. The first-order valence-electron chi connectivity index (χ1n) is 7.83. The quantitative estimate of drug-likeness (QED) is 0.865. The molecular weight excluding hydrogens is 322 g/mol. The molecule has 0 bridgehead atoms. The van der Waals surface area contributed by atoms with Crippen LogP contribution in [0.4, 0.5) is 0 Å². The van der Waals surface area contributed by atoms with Crippen LogP contribution in [0.25, 0.3) is 5.70 Å². The number of ether oxygens (including phenoxy) is 2. The Balaban J connectivity index is 2.35. The van der Waals surface area contributed by atoms with Crippen LogP contribution < -0.4 is 10.3 Å². The molecule has 0 saturated heterocycles. The van der Waals surface area contributed by atoms with Gasteiger partial charge < -0.3 is 14.6 Å². The molecule has 0 saturated carbocycles. The molecule has 0 fully saturated rings. The Morgan fingerprint density at radius 2 is 2.04 bits per heavy atom. The lowest BCUT2D eigenvalue weighted by atomic mass is 9.89. The van der Waals surface area contributed by atoms with E-state index in [2.05, 4.69) is 0 Å². The topological polar surface area (TPSA) is 77.8 Å². The third kappa shape index (κ3) is 2.85. The molecule has 2 heterocycles. The number of benzene rings is 1. The van der Waals surface area contributed by atoms with Gasteiger partial charge in [0.1, 0.15) is 11.4 Å². The fourth-order valence-electron chi connectivity index (χ4n) is 2.99. The maximum Gasteiger partial charge on any atom is 0.337 e. The number of hydrogen-bond acceptors (Lipinski definition) is 5. The molecule has 2 aromatic rings. The summed E-state index contributed by atoms with van der Waals surface area (Å²) in [5.74, 6) is 0.0403. The number of aliphatic hydroxyl groups is 1. The van der Waals surface area contributed by atoms with Crippen LogP contribution in [0.3, 0.4) is 0 Å². The maximum absolute atomic E-state index is 12.4. The zero-order chi connectivity index (χ0) is 18.2. The Labute approximate surface area is 144 Å². The fourth-order valence-corrected chi connectivity index (χ4v) is 2.99. The minimum atomic E-state index is -0.806. The van der Waals surface area contributed by atoms with Crippen molar-refractivity contribution >= 4 is 11.7 Å². The summed E-state index contributed by atoms with van der Waals surface area (Å²) in [7, 11) is 1.30. The van der Waals surface area contributed by atoms with Gasteiger partial charge >= 0.3 is 5.97 Å². The van der Waals surface area contributed by atoms with E-state index in [1.54, 1.807) is 36.5 Å². The second-order valence-electron chi connectivity index (χ2n) is 6.21. The highest BCUT2D eigenvalue weighted by atomic mass is 16.5. The van der Waals surface area contributed by atoms with Crippen LogP contribution in [-0.2, 0) is 4.74 Å². The van der Waals surface area contributed by atoms with E-state index in [0.717, 1.165) is 0 Å². The number of aromatic nitrogens is 1. The van der Waals surface area contributed by atoms with Gasteiger partial charge in [-0.05, 0) is 38.1 Å². The van der Waals surface area contributed by atoms with Crippen LogP contribution in [-0.4, -0.2) is 35.0 Å². The number of rotatable bonds is 3. The predicted octanol–water partition coefficient (Wildman–Crippen LogP) is 2.06. The monoisotopic (exact) mass is 341 g/mol. The number of carbonyl (C=O) groups is 1. The summed E-state index contributed by atoms with van der Waals surface area (Å²) in [4.78, 5) is 24.3. The van der Waals surface area contributed by atoms with Crippen molar-refractivity contribution in [1.29, 1.82) is 0 Å². The Kier molecular flexibility index (Phi) is 4.22. The number of fused-ring (bicyclic) bond motifs is 1. The van der Waals surface area contributed by atoms with Crippen molar-refractivity contribution in [2.24, 2.45) is 0 Å². The summed E-state index contributed by atoms with van der Waals surface area (Å²) in [6, 6.07) is 9.71. The molecule has 1 aromatic heterocycles. The number of pyridine rings is 1. The molecule has 0 unspecified atom stereocenters. The second kappa shape index (κ2) is 6.22. The van der Waals surface area contributed by atoms with Crippen molar-refractivity contribution in [3.05, 3.63) is 69.6 Å². The largest absolute Gasteiger partial charge is 0.483 e. The fraction of sp³-hybridized carbons (Fsp3) is 0.263. The minimum Gasteiger partial charge on any atom is -0.483 e. The lowest BCUT2D eigenvalue weighted by Gasteiger charge is -2.36. The van der Waals surface area contributed by atoms with Crippen LogP contribution in [0, 0.1) is 0 Å². The molecule has 6 nitrogen and oxygen atoms in total. The highest BCUT2D eigenvalue weighted by molar-refractivity contribution is 5.91. The molecule has 6 heteroatoms. The van der Waals surface area contributed by atoms with Gasteiger partial charge in [-0.1, -0.05) is 6.07 Å². The molecule has 1 N–H and O–H groups in total. The number of nitrogens with zero attached hydrogens (tertiary/aromatic N) is 1. The van der Waals surface area contributed by atoms with E-state index < -0.39 is 11.6 Å². The molecule has 1 aromatic carbocycles. The molecule has 3 rings (SSSR count). The van der Waals surface area contributed by atoms with Gasteiger partial charge in [-0.15, -0.1) is 0 Å². The van der Waals surface area contributed by atoms with Crippen LogP contribution in [0.5, 0.6) is 5.75 Å². The summed E-state index contributed by atoms with van der Waals surface area (Å²) >= 11 is 0. The number of carbonyl (C=O) groups excluding carboxylic acids is 1. The van der Waals surface area contributed by atoms with Crippen LogP contribution in [0.1, 0.15) is 29.8 Å².